The molecule has 6 rings (SSSR count). The number of nitrogens with zero attached hydrogens (tertiary/aromatic N) is 6. The second-order valence-corrected chi connectivity index (χ2v) is 12.1. The lowest BCUT2D eigenvalue weighted by Crippen LogP contribution is -2.50. The Bertz CT molecular complexity index is 1660. The number of hydrogen-bond donors (Lipinski definition) is 1. The molecule has 0 radical (unpaired) electrons. The number of piperazine rings is 1. The van der Waals surface area contributed by atoms with E-state index in [9.17, 15) is 4.79 Å². The number of nitrogens with one attached hydrogen (secondary N) is 1. The molecule has 0 bridgehead atoms. The summed E-state index contributed by atoms with van der Waals surface area (Å²) in [6, 6.07) is 10.4. The molecule has 5 heterocycles. The van der Waals surface area contributed by atoms with Crippen LogP contribution in [0.15, 0.2) is 71.3 Å². The average Bonchev–Trinajstić information content (AvgIpc) is 3.72. The zero-order valence-electron chi connectivity index (χ0n) is 23.7. The predicted molar refractivity (Wildman–Crippen MR) is 164 cm³/mol. The molecule has 2 aliphatic heterocycles. The van der Waals surface area contributed by atoms with Crippen LogP contribution in [0.4, 0.5) is 10.6 Å². The number of fused-ring (bicyclic) bond motifs is 1. The Morgan fingerprint density at radius 3 is 2.68 bits per heavy atom. The first kappa shape index (κ1) is 26.9. The second kappa shape index (κ2) is 10.6. The molecular weight excluding hydrogens is 534 g/mol. The Hall–Kier alpha value is -4.31. The van der Waals surface area contributed by atoms with Gasteiger partial charge in [0.15, 0.2) is 5.54 Å². The van der Waals surface area contributed by atoms with Crippen LogP contribution in [-0.4, -0.2) is 68.4 Å². The van der Waals surface area contributed by atoms with Gasteiger partial charge in [0.05, 0.1) is 11.4 Å². The fourth-order valence-corrected chi connectivity index (χ4v) is 5.84. The minimum atomic E-state index is -0.834. The molecule has 1 aromatic carbocycles. The van der Waals surface area contributed by atoms with Gasteiger partial charge in [0.1, 0.15) is 22.3 Å². The van der Waals surface area contributed by atoms with Crippen LogP contribution in [-0.2, 0) is 10.3 Å². The van der Waals surface area contributed by atoms with Crippen molar-refractivity contribution < 1.29 is 9.53 Å². The van der Waals surface area contributed by atoms with Crippen molar-refractivity contribution in [2.24, 2.45) is 4.99 Å². The van der Waals surface area contributed by atoms with Gasteiger partial charge in [-0.15, -0.1) is 11.3 Å². The first-order valence-corrected chi connectivity index (χ1v) is 14.6. The summed E-state index contributed by atoms with van der Waals surface area (Å²) in [5.74, 6) is 1.48. The molecule has 3 aromatic heterocycles. The Balaban J connectivity index is 1.27. The van der Waals surface area contributed by atoms with E-state index in [1.807, 2.05) is 57.5 Å². The highest BCUT2D eigenvalue weighted by Crippen LogP contribution is 2.40. The first-order chi connectivity index (χ1) is 19.7. The molecule has 41 heavy (non-hydrogen) atoms. The van der Waals surface area contributed by atoms with Gasteiger partial charge in [-0.25, -0.2) is 19.7 Å². The summed E-state index contributed by atoms with van der Waals surface area (Å²) < 4.78 is 5.56. The van der Waals surface area contributed by atoms with Crippen molar-refractivity contribution in [1.82, 2.24) is 24.8 Å². The lowest BCUT2D eigenvalue weighted by atomic mass is 9.97. The van der Waals surface area contributed by atoms with Gasteiger partial charge in [0, 0.05) is 55.5 Å². The fourth-order valence-electron chi connectivity index (χ4n) is 5.07. The quantitative estimate of drug-likeness (QED) is 0.330. The predicted octanol–water partition coefficient (Wildman–Crippen LogP) is 5.75. The lowest BCUT2D eigenvalue weighted by molar-refractivity contribution is 0.0240. The van der Waals surface area contributed by atoms with E-state index >= 15 is 0 Å². The molecule has 1 saturated heterocycles. The van der Waals surface area contributed by atoms with Gasteiger partial charge < -0.3 is 19.5 Å². The molecule has 4 aromatic rings. The van der Waals surface area contributed by atoms with E-state index < -0.39 is 11.1 Å². The molecule has 0 saturated carbocycles. The molecule has 0 aliphatic carbocycles. The number of carbonyl (C=O) groups excluding carboxylic acids is 1. The van der Waals surface area contributed by atoms with E-state index in [4.69, 9.17) is 19.7 Å². The summed E-state index contributed by atoms with van der Waals surface area (Å²) in [4.78, 5) is 39.2. The van der Waals surface area contributed by atoms with Crippen LogP contribution < -0.4 is 4.90 Å². The number of aliphatic imine (C=N–C) groups is 1. The second-order valence-electron chi connectivity index (χ2n) is 11.2. The van der Waals surface area contributed by atoms with Gasteiger partial charge >= 0.3 is 6.09 Å². The molecule has 2 aliphatic rings. The van der Waals surface area contributed by atoms with E-state index in [-0.39, 0.29) is 6.09 Å². The van der Waals surface area contributed by atoms with Gasteiger partial charge in [-0.3, -0.25) is 4.99 Å². The third-order valence-corrected chi connectivity index (χ3v) is 7.95. The smallest absolute Gasteiger partial charge is 0.410 e. The van der Waals surface area contributed by atoms with E-state index in [2.05, 4.69) is 51.3 Å². The van der Waals surface area contributed by atoms with Crippen molar-refractivity contribution in [1.29, 1.82) is 0 Å². The van der Waals surface area contributed by atoms with Crippen molar-refractivity contribution in [2.45, 2.75) is 38.8 Å². The maximum absolute atomic E-state index is 12.6. The molecule has 1 amide bonds. The van der Waals surface area contributed by atoms with Crippen LogP contribution in [0.2, 0.25) is 0 Å². The van der Waals surface area contributed by atoms with Crippen LogP contribution in [0.25, 0.3) is 17.0 Å². The third kappa shape index (κ3) is 5.65. The monoisotopic (exact) mass is 567 g/mol. The number of aryl methyl sites for hydroxylation is 1. The van der Waals surface area contributed by atoms with E-state index in [0.29, 0.717) is 32.0 Å². The lowest BCUT2D eigenvalue weighted by Gasteiger charge is -2.36. The summed E-state index contributed by atoms with van der Waals surface area (Å²) in [7, 11) is 0. The molecule has 0 spiro atoms. The number of amides is 1. The number of aromatic amines is 1. The zero-order valence-corrected chi connectivity index (χ0v) is 24.5. The first-order valence-electron chi connectivity index (χ1n) is 13.7. The van der Waals surface area contributed by atoms with Gasteiger partial charge in [0.2, 0.25) is 0 Å². The van der Waals surface area contributed by atoms with Crippen molar-refractivity contribution in [3.05, 3.63) is 88.4 Å². The van der Waals surface area contributed by atoms with E-state index in [1.165, 1.54) is 5.39 Å². The summed E-state index contributed by atoms with van der Waals surface area (Å²) in [5, 5.41) is 3.99. The number of anilines is 1. The number of aromatic nitrogens is 4. The molecule has 210 valence electrons. The molecule has 9 nitrogen and oxygen atoms in total. The highest BCUT2D eigenvalue weighted by molar-refractivity contribution is 7.09. The summed E-state index contributed by atoms with van der Waals surface area (Å²) in [6.07, 6.45) is 11.7. The topological polar surface area (TPSA) is 99.6 Å². The highest BCUT2D eigenvalue weighted by Gasteiger charge is 2.39. The van der Waals surface area contributed by atoms with Gasteiger partial charge in [-0.1, -0.05) is 12.1 Å². The number of carbonyl (C=O) groups is 1. The normalized spacial score (nSPS) is 19.4. The third-order valence-electron chi connectivity index (χ3n) is 7.05. The minimum absolute atomic E-state index is 0.279. The largest absolute Gasteiger partial charge is 0.444 e. The highest BCUT2D eigenvalue weighted by atomic mass is 32.1. The average molecular weight is 568 g/mol. The van der Waals surface area contributed by atoms with Crippen molar-refractivity contribution >= 4 is 45.9 Å². The van der Waals surface area contributed by atoms with Crippen LogP contribution in [0, 0.1) is 6.92 Å². The Kier molecular flexibility index (Phi) is 6.94. The number of ether oxygens (including phenoxy) is 1. The number of benzene rings is 1. The Morgan fingerprint density at radius 1 is 1.10 bits per heavy atom. The fraction of sp³-hybridized carbons (Fsp3) is 0.323. The molecule has 10 heteroatoms. The standard InChI is InChI=1S/C31H33N7O2S/c1-21-34-26(20-27(35-21)37-14-16-38(17-15-37)29(39)40-30(2,3)4)31(28-33-13-18-41-28)11-9-24(36-31)7-5-22-6-8-25-23(19-22)10-12-32-25/h5-13,18-20,32H,14-17H2,1-4H3. The van der Waals surface area contributed by atoms with E-state index in [0.717, 1.165) is 33.3 Å². The number of rotatable bonds is 5. The zero-order chi connectivity index (χ0) is 28.6. The molecule has 1 unspecified atom stereocenters. The summed E-state index contributed by atoms with van der Waals surface area (Å²) in [6.45, 7) is 9.98. The molecule has 1 atom stereocenters. The maximum atomic E-state index is 12.6. The Labute approximate surface area is 243 Å². The Morgan fingerprint density at radius 2 is 1.93 bits per heavy atom. The SMILES string of the molecule is Cc1nc(N2CCN(C(=O)OC(C)(C)C)CC2)cc(C2(c3nccs3)C=CC(C=Cc3ccc4[nH]ccc4c3)=N2)n1. The number of hydrogen-bond acceptors (Lipinski definition) is 8. The maximum Gasteiger partial charge on any atom is 0.410 e. The van der Waals surface area contributed by atoms with Gasteiger partial charge in [-0.2, -0.15) is 0 Å². The number of thiazole rings is 1. The van der Waals surface area contributed by atoms with Gasteiger partial charge in [-0.05, 0) is 75.1 Å². The molecular formula is C31H33N7O2S. The summed E-state index contributed by atoms with van der Waals surface area (Å²) in [5.41, 5.74) is 2.49. The number of H-pyrrole nitrogens is 1. The molecule has 1 N–H and O–H groups in total. The van der Waals surface area contributed by atoms with Crippen molar-refractivity contribution in [3.8, 4) is 0 Å². The van der Waals surface area contributed by atoms with Gasteiger partial charge in [0.25, 0.3) is 0 Å². The minimum Gasteiger partial charge on any atom is -0.444 e. The summed E-state index contributed by atoms with van der Waals surface area (Å²) >= 11 is 1.56. The van der Waals surface area contributed by atoms with Crippen LogP contribution in [0.3, 0.4) is 0 Å². The van der Waals surface area contributed by atoms with E-state index in [1.54, 1.807) is 22.4 Å². The number of allylic oxidation sites excluding steroid dienone is 2. The van der Waals surface area contributed by atoms with Crippen LogP contribution in [0.5, 0.6) is 0 Å². The van der Waals surface area contributed by atoms with Crippen LogP contribution in [0.1, 0.15) is 42.9 Å². The molecule has 1 fully saturated rings. The van der Waals surface area contributed by atoms with Crippen molar-refractivity contribution in [3.63, 3.8) is 0 Å². The van der Waals surface area contributed by atoms with Crippen LogP contribution >= 0.6 is 11.3 Å². The van der Waals surface area contributed by atoms with Crippen molar-refractivity contribution in [2.75, 3.05) is 31.1 Å².